The van der Waals surface area contributed by atoms with E-state index in [9.17, 15) is 0 Å². The summed E-state index contributed by atoms with van der Waals surface area (Å²) in [5.74, 6) is 0.911. The van der Waals surface area contributed by atoms with Gasteiger partial charge in [-0.2, -0.15) is 0 Å². The van der Waals surface area contributed by atoms with Gasteiger partial charge < -0.3 is 15.4 Å². The first kappa shape index (κ1) is 19.7. The predicted molar refractivity (Wildman–Crippen MR) is 106 cm³/mol. The first-order valence-electron chi connectivity index (χ1n) is 7.83. The van der Waals surface area contributed by atoms with E-state index in [0.717, 1.165) is 45.1 Å². The van der Waals surface area contributed by atoms with Crippen LogP contribution in [0.5, 0.6) is 0 Å². The maximum absolute atomic E-state index is 5.48. The van der Waals surface area contributed by atoms with Crippen molar-refractivity contribution in [3.05, 3.63) is 22.4 Å². The van der Waals surface area contributed by atoms with E-state index < -0.39 is 0 Å². The Labute approximate surface area is 155 Å². The van der Waals surface area contributed by atoms with E-state index in [0.29, 0.717) is 5.41 Å². The molecule has 0 radical (unpaired) electrons. The molecule has 2 N–H and O–H groups in total. The smallest absolute Gasteiger partial charge is 0.191 e. The lowest BCUT2D eigenvalue weighted by molar-refractivity contribution is 0.128. The third-order valence-electron chi connectivity index (χ3n) is 4.04. The fraction of sp³-hybridized carbons (Fsp3) is 0.688. The van der Waals surface area contributed by atoms with E-state index >= 15 is 0 Å². The average molecular weight is 437 g/mol. The normalized spacial score (nSPS) is 16.0. The number of aliphatic imine (C=N–C) groups is 1. The van der Waals surface area contributed by atoms with Gasteiger partial charge in [-0.05, 0) is 49.5 Å². The molecule has 6 heteroatoms. The van der Waals surface area contributed by atoms with Crippen LogP contribution in [0.1, 0.15) is 31.1 Å². The Morgan fingerprint density at radius 3 is 2.82 bits per heavy atom. The summed E-state index contributed by atoms with van der Waals surface area (Å²) in [4.78, 5) is 5.71. The molecule has 126 valence electrons. The second kappa shape index (κ2) is 10.4. The van der Waals surface area contributed by atoms with Gasteiger partial charge in [0.05, 0.1) is 0 Å². The molecule has 0 aliphatic heterocycles. The number of halogens is 1. The molecule has 1 aromatic rings. The van der Waals surface area contributed by atoms with Gasteiger partial charge in [-0.25, -0.2) is 0 Å². The summed E-state index contributed by atoms with van der Waals surface area (Å²) in [5, 5.41) is 8.98. The van der Waals surface area contributed by atoms with Gasteiger partial charge in [-0.15, -0.1) is 35.3 Å². The zero-order valence-corrected chi connectivity index (χ0v) is 16.7. The molecule has 0 unspecified atom stereocenters. The second-order valence-corrected chi connectivity index (χ2v) is 6.66. The molecular weight excluding hydrogens is 409 g/mol. The molecule has 0 bridgehead atoms. The van der Waals surface area contributed by atoms with Crippen LogP contribution in [0.25, 0.3) is 0 Å². The third-order valence-corrected chi connectivity index (χ3v) is 4.97. The Bertz CT molecular complexity index is 433. The summed E-state index contributed by atoms with van der Waals surface area (Å²) in [6.45, 7) is 5.67. The van der Waals surface area contributed by atoms with Crippen molar-refractivity contribution in [2.24, 2.45) is 10.4 Å². The van der Waals surface area contributed by atoms with E-state index in [4.69, 9.17) is 4.74 Å². The van der Waals surface area contributed by atoms with E-state index in [2.05, 4.69) is 40.1 Å². The summed E-state index contributed by atoms with van der Waals surface area (Å²) in [5.41, 5.74) is 0.445. The van der Waals surface area contributed by atoms with Crippen LogP contribution in [0.3, 0.4) is 0 Å². The highest BCUT2D eigenvalue weighted by molar-refractivity contribution is 14.0. The molecule has 0 amide bonds. The molecule has 22 heavy (non-hydrogen) atoms. The zero-order chi connectivity index (χ0) is 15.0. The Balaban J connectivity index is 0.00000242. The van der Waals surface area contributed by atoms with Crippen molar-refractivity contribution in [2.75, 3.05) is 33.4 Å². The molecule has 1 fully saturated rings. The monoisotopic (exact) mass is 437 g/mol. The zero-order valence-electron chi connectivity index (χ0n) is 13.6. The van der Waals surface area contributed by atoms with E-state index in [1.165, 1.54) is 17.7 Å². The van der Waals surface area contributed by atoms with Crippen molar-refractivity contribution >= 4 is 41.3 Å². The number of nitrogens with one attached hydrogen (secondary N) is 2. The van der Waals surface area contributed by atoms with E-state index in [1.54, 1.807) is 11.3 Å². The minimum absolute atomic E-state index is 0. The lowest BCUT2D eigenvalue weighted by Crippen LogP contribution is -2.41. The average Bonchev–Trinajstić information content (AvgIpc) is 3.07. The molecule has 0 saturated heterocycles. The van der Waals surface area contributed by atoms with Crippen LogP contribution < -0.4 is 10.6 Å². The minimum Gasteiger partial charge on any atom is -0.382 e. The number of nitrogens with zero attached hydrogens (tertiary/aromatic N) is 1. The maximum atomic E-state index is 5.48. The van der Waals surface area contributed by atoms with Gasteiger partial charge >= 0.3 is 0 Å². The molecule has 1 aliphatic rings. The molecule has 1 saturated carbocycles. The summed E-state index contributed by atoms with van der Waals surface area (Å²) in [6, 6.07) is 4.28. The summed E-state index contributed by atoms with van der Waals surface area (Å²) < 4.78 is 5.48. The van der Waals surface area contributed by atoms with Gasteiger partial charge in [-0.1, -0.05) is 6.07 Å². The molecule has 0 atom stereocenters. The molecule has 2 rings (SSSR count). The minimum atomic E-state index is 0. The van der Waals surface area contributed by atoms with Crippen molar-refractivity contribution in [3.63, 3.8) is 0 Å². The topological polar surface area (TPSA) is 45.6 Å². The molecular formula is C16H28IN3OS. The number of thiophene rings is 1. The van der Waals surface area contributed by atoms with Crippen LogP contribution in [0.4, 0.5) is 0 Å². The van der Waals surface area contributed by atoms with Crippen LogP contribution >= 0.6 is 35.3 Å². The molecule has 1 aromatic heterocycles. The van der Waals surface area contributed by atoms with Gasteiger partial charge in [0.2, 0.25) is 0 Å². The Morgan fingerprint density at radius 1 is 1.41 bits per heavy atom. The number of hydrogen-bond donors (Lipinski definition) is 2. The Morgan fingerprint density at radius 2 is 2.23 bits per heavy atom. The SMILES string of the molecule is CCOCCC1(CNC(=NC)NCCc2cccs2)CC1.I. The maximum Gasteiger partial charge on any atom is 0.191 e. The molecule has 0 spiro atoms. The van der Waals surface area contributed by atoms with Crippen LogP contribution in [-0.4, -0.2) is 39.3 Å². The highest BCUT2D eigenvalue weighted by Gasteiger charge is 2.41. The Hall–Kier alpha value is -0.340. The summed E-state index contributed by atoms with van der Waals surface area (Å²) >= 11 is 1.81. The van der Waals surface area contributed by atoms with Crippen LogP contribution in [0.15, 0.2) is 22.5 Å². The number of hydrogen-bond acceptors (Lipinski definition) is 3. The van der Waals surface area contributed by atoms with E-state index in [1.807, 2.05) is 7.05 Å². The summed E-state index contributed by atoms with van der Waals surface area (Å²) in [7, 11) is 1.83. The highest BCUT2D eigenvalue weighted by atomic mass is 127. The number of guanidine groups is 1. The third kappa shape index (κ3) is 6.83. The van der Waals surface area contributed by atoms with Crippen molar-refractivity contribution in [1.82, 2.24) is 10.6 Å². The second-order valence-electron chi connectivity index (χ2n) is 5.63. The van der Waals surface area contributed by atoms with Gasteiger partial charge in [0, 0.05) is 38.2 Å². The standard InChI is InChI=1S/C16H27N3OS.HI/c1-3-20-11-9-16(7-8-16)13-19-15(17-2)18-10-6-14-5-4-12-21-14;/h4-5,12H,3,6-11,13H2,1-2H3,(H2,17,18,19);1H. The Kier molecular flexibility index (Phi) is 9.35. The van der Waals surface area contributed by atoms with Gasteiger partial charge in [0.1, 0.15) is 0 Å². The van der Waals surface area contributed by atoms with Gasteiger partial charge in [0.25, 0.3) is 0 Å². The first-order chi connectivity index (χ1) is 10.3. The van der Waals surface area contributed by atoms with E-state index in [-0.39, 0.29) is 24.0 Å². The summed E-state index contributed by atoms with van der Waals surface area (Å²) in [6.07, 6.45) is 4.81. The van der Waals surface area contributed by atoms with Gasteiger partial charge in [-0.3, -0.25) is 4.99 Å². The predicted octanol–water partition coefficient (Wildman–Crippen LogP) is 3.28. The van der Waals surface area contributed by atoms with Gasteiger partial charge in [0.15, 0.2) is 5.96 Å². The lowest BCUT2D eigenvalue weighted by Gasteiger charge is -2.18. The number of ether oxygens (including phenoxy) is 1. The van der Waals surface area contributed by atoms with Crippen LogP contribution in [-0.2, 0) is 11.2 Å². The van der Waals surface area contributed by atoms with Crippen molar-refractivity contribution in [3.8, 4) is 0 Å². The number of rotatable bonds is 9. The van der Waals surface area contributed by atoms with Crippen LogP contribution in [0.2, 0.25) is 0 Å². The van der Waals surface area contributed by atoms with Crippen molar-refractivity contribution in [2.45, 2.75) is 32.6 Å². The molecule has 0 aromatic carbocycles. The van der Waals surface area contributed by atoms with Crippen molar-refractivity contribution < 1.29 is 4.74 Å². The largest absolute Gasteiger partial charge is 0.382 e. The lowest BCUT2D eigenvalue weighted by atomic mass is 10.0. The highest BCUT2D eigenvalue weighted by Crippen LogP contribution is 2.48. The fourth-order valence-electron chi connectivity index (χ4n) is 2.38. The molecule has 4 nitrogen and oxygen atoms in total. The first-order valence-corrected chi connectivity index (χ1v) is 8.70. The fourth-order valence-corrected chi connectivity index (χ4v) is 3.08. The van der Waals surface area contributed by atoms with Crippen LogP contribution in [0, 0.1) is 5.41 Å². The quantitative estimate of drug-likeness (QED) is 0.270. The van der Waals surface area contributed by atoms with Crippen molar-refractivity contribution in [1.29, 1.82) is 0 Å². The molecule has 1 aliphatic carbocycles. The molecule has 1 heterocycles.